The fraction of sp³-hybridized carbons (Fsp3) is 0. The molecule has 1 aromatic heterocycles. The van der Waals surface area contributed by atoms with Crippen LogP contribution in [0.2, 0.25) is 0 Å². The minimum atomic E-state index is 0.867. The normalized spacial score (nSPS) is 11.5. The van der Waals surface area contributed by atoms with Gasteiger partial charge in [-0.05, 0) is 80.7 Å². The summed E-state index contributed by atoms with van der Waals surface area (Å²) in [6.07, 6.45) is 0. The zero-order valence-electron chi connectivity index (χ0n) is 25.1. The second-order valence-electron chi connectivity index (χ2n) is 11.7. The summed E-state index contributed by atoms with van der Waals surface area (Å²) in [4.78, 5) is 2.37. The van der Waals surface area contributed by atoms with E-state index in [-0.39, 0.29) is 0 Å². The van der Waals surface area contributed by atoms with Crippen molar-refractivity contribution in [3.63, 3.8) is 0 Å². The molecule has 0 bridgehead atoms. The molecule has 216 valence electrons. The number of fused-ring (bicyclic) bond motifs is 5. The molecule has 0 aliphatic carbocycles. The van der Waals surface area contributed by atoms with Crippen LogP contribution in [-0.2, 0) is 0 Å². The van der Waals surface area contributed by atoms with E-state index in [2.05, 4.69) is 181 Å². The van der Waals surface area contributed by atoms with E-state index in [4.69, 9.17) is 4.42 Å². The van der Waals surface area contributed by atoms with Gasteiger partial charge in [0.05, 0.1) is 11.1 Å². The molecule has 9 aromatic rings. The van der Waals surface area contributed by atoms with Gasteiger partial charge >= 0.3 is 0 Å². The Bertz CT molecular complexity index is 2510. The van der Waals surface area contributed by atoms with Crippen molar-refractivity contribution in [1.82, 2.24) is 0 Å². The minimum Gasteiger partial charge on any atom is -0.455 e. The van der Waals surface area contributed by atoms with E-state index in [0.29, 0.717) is 0 Å². The van der Waals surface area contributed by atoms with Crippen LogP contribution in [0, 0.1) is 0 Å². The Morgan fingerprint density at radius 2 is 1.02 bits per heavy atom. The SMILES string of the molecule is c1ccc(-c2ccc(N(c3ccc4ccccc4c3)c3cccc4oc5c(-c6ccccc6)c6ccccc6cc5c34)cc2)cc1. The molecule has 0 atom stereocenters. The van der Waals surface area contributed by atoms with Gasteiger partial charge in [-0.25, -0.2) is 0 Å². The minimum absolute atomic E-state index is 0.867. The molecule has 0 spiro atoms. The van der Waals surface area contributed by atoms with Crippen LogP contribution in [0.15, 0.2) is 180 Å². The van der Waals surface area contributed by atoms with Gasteiger partial charge in [0.25, 0.3) is 0 Å². The van der Waals surface area contributed by atoms with Gasteiger partial charge in [-0.1, -0.05) is 133 Å². The monoisotopic (exact) mass is 587 g/mol. The van der Waals surface area contributed by atoms with Crippen molar-refractivity contribution in [2.45, 2.75) is 0 Å². The van der Waals surface area contributed by atoms with Gasteiger partial charge < -0.3 is 9.32 Å². The first kappa shape index (κ1) is 26.3. The lowest BCUT2D eigenvalue weighted by atomic mass is 9.95. The predicted molar refractivity (Wildman–Crippen MR) is 194 cm³/mol. The summed E-state index contributed by atoms with van der Waals surface area (Å²) in [6.45, 7) is 0. The third-order valence-electron chi connectivity index (χ3n) is 9.01. The van der Waals surface area contributed by atoms with E-state index in [1.165, 1.54) is 32.7 Å². The molecule has 9 rings (SSSR count). The molecule has 0 N–H and O–H groups in total. The quantitative estimate of drug-likeness (QED) is 0.199. The first-order valence-corrected chi connectivity index (χ1v) is 15.7. The Hall–Kier alpha value is -6.12. The number of benzene rings is 8. The van der Waals surface area contributed by atoms with E-state index in [1.807, 2.05) is 0 Å². The lowest BCUT2D eigenvalue weighted by molar-refractivity contribution is 0.670. The highest BCUT2D eigenvalue weighted by Crippen LogP contribution is 2.47. The van der Waals surface area contributed by atoms with Crippen LogP contribution in [0.1, 0.15) is 0 Å². The summed E-state index contributed by atoms with van der Waals surface area (Å²) in [5, 5.41) is 7.00. The Labute approximate surface area is 267 Å². The molecule has 0 fully saturated rings. The largest absolute Gasteiger partial charge is 0.455 e. The molecular formula is C44H29NO. The summed E-state index contributed by atoms with van der Waals surface area (Å²) < 4.78 is 6.83. The van der Waals surface area contributed by atoms with Crippen LogP contribution >= 0.6 is 0 Å². The molecular weight excluding hydrogens is 558 g/mol. The Morgan fingerprint density at radius 3 is 1.80 bits per heavy atom. The van der Waals surface area contributed by atoms with Crippen LogP contribution in [0.25, 0.3) is 65.7 Å². The van der Waals surface area contributed by atoms with Crippen molar-refractivity contribution >= 4 is 60.5 Å². The van der Waals surface area contributed by atoms with Gasteiger partial charge in [-0.15, -0.1) is 0 Å². The fourth-order valence-corrected chi connectivity index (χ4v) is 6.86. The average molecular weight is 588 g/mol. The third kappa shape index (κ3) is 4.35. The maximum absolute atomic E-state index is 6.83. The number of anilines is 3. The van der Waals surface area contributed by atoms with Crippen molar-refractivity contribution in [2.75, 3.05) is 4.90 Å². The Kier molecular flexibility index (Phi) is 6.17. The zero-order valence-corrected chi connectivity index (χ0v) is 25.1. The Balaban J connectivity index is 1.33. The third-order valence-corrected chi connectivity index (χ3v) is 9.01. The molecule has 2 nitrogen and oxygen atoms in total. The van der Waals surface area contributed by atoms with E-state index >= 15 is 0 Å². The van der Waals surface area contributed by atoms with Crippen molar-refractivity contribution < 1.29 is 4.42 Å². The lowest BCUT2D eigenvalue weighted by Gasteiger charge is -2.27. The summed E-state index contributed by atoms with van der Waals surface area (Å²) in [5.74, 6) is 0. The van der Waals surface area contributed by atoms with Crippen molar-refractivity contribution in [3.8, 4) is 22.3 Å². The molecule has 0 aliphatic rings. The maximum Gasteiger partial charge on any atom is 0.143 e. The summed E-state index contributed by atoms with van der Waals surface area (Å²) in [5.41, 5.74) is 9.69. The molecule has 0 amide bonds. The molecule has 0 unspecified atom stereocenters. The van der Waals surface area contributed by atoms with Crippen LogP contribution in [-0.4, -0.2) is 0 Å². The van der Waals surface area contributed by atoms with E-state index < -0.39 is 0 Å². The van der Waals surface area contributed by atoms with Gasteiger partial charge in [0.1, 0.15) is 11.2 Å². The lowest BCUT2D eigenvalue weighted by Crippen LogP contribution is -2.10. The van der Waals surface area contributed by atoms with Crippen molar-refractivity contribution in [3.05, 3.63) is 176 Å². The Morgan fingerprint density at radius 1 is 0.391 bits per heavy atom. The van der Waals surface area contributed by atoms with Gasteiger partial charge in [0, 0.05) is 22.3 Å². The molecule has 0 saturated carbocycles. The van der Waals surface area contributed by atoms with E-state index in [1.54, 1.807) is 0 Å². The van der Waals surface area contributed by atoms with Crippen LogP contribution in [0.4, 0.5) is 17.1 Å². The smallest absolute Gasteiger partial charge is 0.143 e. The topological polar surface area (TPSA) is 16.4 Å². The summed E-state index contributed by atoms with van der Waals surface area (Å²) >= 11 is 0. The highest BCUT2D eigenvalue weighted by atomic mass is 16.3. The van der Waals surface area contributed by atoms with E-state index in [9.17, 15) is 0 Å². The van der Waals surface area contributed by atoms with Gasteiger partial charge in [-0.2, -0.15) is 0 Å². The van der Waals surface area contributed by atoms with E-state index in [0.717, 1.165) is 50.1 Å². The number of nitrogens with zero attached hydrogens (tertiary/aromatic N) is 1. The molecule has 46 heavy (non-hydrogen) atoms. The van der Waals surface area contributed by atoms with Gasteiger partial charge in [0.15, 0.2) is 0 Å². The number of furan rings is 1. The first-order valence-electron chi connectivity index (χ1n) is 15.7. The van der Waals surface area contributed by atoms with Gasteiger partial charge in [-0.3, -0.25) is 0 Å². The number of hydrogen-bond acceptors (Lipinski definition) is 2. The van der Waals surface area contributed by atoms with Crippen LogP contribution < -0.4 is 4.90 Å². The number of rotatable bonds is 5. The first-order chi connectivity index (χ1) is 22.8. The summed E-state index contributed by atoms with van der Waals surface area (Å²) in [6, 6.07) is 62.6. The molecule has 8 aromatic carbocycles. The van der Waals surface area contributed by atoms with Crippen LogP contribution in [0.3, 0.4) is 0 Å². The molecule has 0 aliphatic heterocycles. The van der Waals surface area contributed by atoms with Gasteiger partial charge in [0.2, 0.25) is 0 Å². The number of hydrogen-bond donors (Lipinski definition) is 0. The average Bonchev–Trinajstić information content (AvgIpc) is 3.50. The highest BCUT2D eigenvalue weighted by Gasteiger charge is 2.22. The predicted octanol–water partition coefficient (Wildman–Crippen LogP) is 12.7. The maximum atomic E-state index is 6.83. The molecule has 0 saturated heterocycles. The second kappa shape index (κ2) is 10.8. The molecule has 2 heteroatoms. The van der Waals surface area contributed by atoms with Crippen molar-refractivity contribution in [2.24, 2.45) is 0 Å². The zero-order chi connectivity index (χ0) is 30.5. The van der Waals surface area contributed by atoms with Crippen LogP contribution in [0.5, 0.6) is 0 Å². The molecule has 0 radical (unpaired) electrons. The second-order valence-corrected chi connectivity index (χ2v) is 11.7. The molecule has 1 heterocycles. The fourth-order valence-electron chi connectivity index (χ4n) is 6.86. The standard InChI is InChI=1S/C44H29NO/c1-3-12-30(13-4-1)32-22-25-36(26-23-32)45(37-27-24-31-14-7-8-17-34(31)28-37)40-20-11-21-41-43(40)39-29-35-18-9-10-19-38(35)42(44(39)46-41)33-15-5-2-6-16-33/h1-29H. The van der Waals surface area contributed by atoms with Crippen molar-refractivity contribution in [1.29, 1.82) is 0 Å². The summed E-state index contributed by atoms with van der Waals surface area (Å²) in [7, 11) is 0. The highest BCUT2D eigenvalue weighted by molar-refractivity contribution is 6.22.